The first-order valence-electron chi connectivity index (χ1n) is 48.7. The molecule has 773 valence electrons. The number of carbonyl (C=O) groups is 8. The van der Waals surface area contributed by atoms with Crippen LogP contribution in [0, 0.1) is 14.4 Å². The fourth-order valence-corrected chi connectivity index (χ4v) is 21.1. The number of aryl methyl sites for hydroxylation is 7. The smallest absolute Gasteiger partial charge is 0.543 e. The van der Waals surface area contributed by atoms with Crippen LogP contribution in [-0.4, -0.2) is 149 Å². The summed E-state index contributed by atoms with van der Waals surface area (Å²) in [6.45, 7) is 26.4. The summed E-state index contributed by atoms with van der Waals surface area (Å²) >= 11 is -2.59. The molecule has 2 aliphatic carbocycles. The van der Waals surface area contributed by atoms with E-state index in [2.05, 4.69) is 102 Å². The number of imidazole rings is 4. The topological polar surface area (TPSA) is 378 Å². The minimum absolute atomic E-state index is 0. The van der Waals surface area contributed by atoms with Crippen molar-refractivity contribution in [2.45, 2.75) is 249 Å². The molecule has 18 rings (SSSR count). The van der Waals surface area contributed by atoms with E-state index in [9.17, 15) is 69.8 Å². The van der Waals surface area contributed by atoms with Crippen molar-refractivity contribution in [2.24, 2.45) is 16.6 Å². The van der Waals surface area contributed by atoms with Gasteiger partial charge < -0.3 is 73.9 Å². The van der Waals surface area contributed by atoms with E-state index in [4.69, 9.17) is 32.1 Å². The molecule has 1 radical (unpaired) electrons. The van der Waals surface area contributed by atoms with Gasteiger partial charge in [0.2, 0.25) is 0 Å². The molecule has 2 saturated heterocycles. The number of nitrogens with two attached hydrogens (primary N) is 2. The minimum Gasteiger partial charge on any atom is -0.543 e. The van der Waals surface area contributed by atoms with Gasteiger partial charge in [0.15, 0.2) is 11.4 Å². The molecule has 2 spiro atoms. The molecule has 2 saturated carbocycles. The Hall–Kier alpha value is -12.0. The van der Waals surface area contributed by atoms with Crippen molar-refractivity contribution in [3.63, 3.8) is 0 Å². The number of aromatic nitrogens is 9. The van der Waals surface area contributed by atoms with Crippen LogP contribution in [0.2, 0.25) is 0 Å². The molecule has 30 nitrogen and oxygen atoms in total. The summed E-state index contributed by atoms with van der Waals surface area (Å²) < 4.78 is 115. The Labute approximate surface area is 873 Å². The van der Waals surface area contributed by atoms with Gasteiger partial charge in [0.1, 0.15) is 58.3 Å². The first-order chi connectivity index (χ1) is 68.5. The van der Waals surface area contributed by atoms with Crippen LogP contribution in [0.3, 0.4) is 0 Å². The Morgan fingerprint density at radius 1 is 0.490 bits per heavy atom. The summed E-state index contributed by atoms with van der Waals surface area (Å²) in [6.07, 6.45) is 11.1. The molecule has 145 heavy (non-hydrogen) atoms. The summed E-state index contributed by atoms with van der Waals surface area (Å²) in [7, 11) is 0. The number of pyridine rings is 2. The number of esters is 3. The maximum Gasteiger partial charge on any atom is 1.00 e. The Kier molecular flexibility index (Phi) is 44.6. The number of carboxylic acids is 1. The van der Waals surface area contributed by atoms with Crippen LogP contribution in [-0.2, 0) is 136 Å². The van der Waals surface area contributed by atoms with Gasteiger partial charge in [-0.25, -0.2) is 34.5 Å². The van der Waals surface area contributed by atoms with Gasteiger partial charge in [0.05, 0.1) is 54.3 Å². The maximum atomic E-state index is 13.0. The molecule has 11 aromatic rings. The predicted molar refractivity (Wildman–Crippen MR) is 534 cm³/mol. The quantitative estimate of drug-likeness (QED) is 0.0113. The van der Waals surface area contributed by atoms with E-state index in [-0.39, 0.29) is 79.0 Å². The van der Waals surface area contributed by atoms with Crippen LogP contribution in [0.1, 0.15) is 263 Å². The first-order valence-corrected chi connectivity index (χ1v) is 51.5. The third-order valence-corrected chi connectivity index (χ3v) is 28.8. The number of nitrogens with one attached hydrogen (secondary N) is 1. The number of anilines is 3. The number of ether oxygens (including phenoxy) is 5. The van der Waals surface area contributed by atoms with Crippen LogP contribution < -0.4 is 60.0 Å². The number of ketones is 1. The Bertz CT molecular complexity index is 6030. The van der Waals surface area contributed by atoms with Gasteiger partial charge in [-0.15, -0.1) is 26.3 Å². The van der Waals surface area contributed by atoms with E-state index in [0.717, 1.165) is 214 Å². The average Bonchev–Trinajstić information content (AvgIpc) is 1.65. The Morgan fingerprint density at radius 3 is 1.30 bits per heavy atom. The molecule has 5 aromatic carbocycles. The number of hydrogen-bond acceptors (Lipinski definition) is 25. The van der Waals surface area contributed by atoms with Gasteiger partial charge in [-0.3, -0.25) is 18.8 Å². The number of alkyl halides is 6. The second-order valence-electron chi connectivity index (χ2n) is 35.4. The van der Waals surface area contributed by atoms with E-state index >= 15 is 0 Å². The van der Waals surface area contributed by atoms with E-state index in [1.807, 2.05) is 93.9 Å². The summed E-state index contributed by atoms with van der Waals surface area (Å²) in [6, 6.07) is 49.5. The Balaban J connectivity index is 0.000000194. The summed E-state index contributed by atoms with van der Waals surface area (Å²) in [5.41, 5.74) is 24.5. The molecule has 39 heteroatoms. The number of hydrogen-bond donors (Lipinski definition) is 3. The summed E-state index contributed by atoms with van der Waals surface area (Å²) in [5, 5.41) is 14.0. The van der Waals surface area contributed by atoms with Gasteiger partial charge in [-0.05, 0) is 218 Å². The van der Waals surface area contributed by atoms with Crippen LogP contribution >= 0.6 is 20.6 Å². The normalized spacial score (nSPS) is 14.7. The zero-order valence-corrected chi connectivity index (χ0v) is 87.6. The predicted octanol–water partition coefficient (Wildman–Crippen LogP) is 15.5. The molecule has 5 aliphatic heterocycles. The molecule has 7 aliphatic rings. The number of benzene rings is 5. The molecule has 0 bridgehead atoms. The number of carboxylic acid groups (broad SMARTS) is 1. The zero-order chi connectivity index (χ0) is 103. The van der Waals surface area contributed by atoms with Crippen LogP contribution in [0.5, 0.6) is 11.5 Å². The first kappa shape index (κ1) is 117. The van der Waals surface area contributed by atoms with Crippen molar-refractivity contribution in [3.05, 3.63) is 265 Å². The molecular weight excluding hydrogens is 2020 g/mol. The molecule has 4 fully saturated rings. The minimum atomic E-state index is -4.66. The molecule has 6 aromatic heterocycles. The third-order valence-electron chi connectivity index (χ3n) is 25.0. The number of Topliss-reactive ketones (excluding diaryl/α,β-unsaturated/α-hetero) is 1. The standard InChI is InChI=1S/C30H33F3N4O2.C20H21F3N2O.C12H18N2O2.C12H14N2O2.C10H11IO4.C10H14N2O2.C7H12O3.C5H6N2.Li.V/c1-2-25-27(37-14-4-3-5-26(37)35-25)28(38)34-17-20-6-10-23(11-7-20)36-18-29(19-36)15-22(16-29)21-8-12-24(13-9-21)39-30(31,32)33;21-20(22,23)26-18-7-3-15(4-8-18)16-9-19(10-16)12-25(13-19)17-5-1-14(11-24)2-6-17;2*1-3-9-11(12(15)16-4-2)14-8-6-5-7-10(14)13-9;1-8(12)14-11(15-9(2)13)10-6-4-3-5-7-10;1-2-7-9(10(13)14)12-6-4-3-5-8(12)11-7;1-3-6(8)5-7(9)10-4-2;6-5-3-1-2-4-7-5;;/h6-13,22H,2-5,14-19H2,1H3,(H,34,38);1-8,16H,9-13,24H2;3-8H2,1-2H3;5-8H,3-4H2,1-2H3;3-7H,1-2H3;2-6H2,1H3,(H,13,14);3-5H2,1-2H3;1-4H,(H2,6,7);;/q;;;;;;;;+1;/p-1. The number of rotatable bonds is 26. The number of nitrogen functional groups attached to an aromatic ring is 1. The van der Waals surface area contributed by atoms with E-state index < -0.39 is 57.3 Å². The van der Waals surface area contributed by atoms with Crippen molar-refractivity contribution in [1.82, 2.24) is 48.3 Å². The van der Waals surface area contributed by atoms with Crippen LogP contribution in [0.15, 0.2) is 176 Å². The number of halogens is 7. The molecule has 0 unspecified atom stereocenters. The second kappa shape index (κ2) is 55.5. The summed E-state index contributed by atoms with van der Waals surface area (Å²) in [4.78, 5) is 117. The monoisotopic (exact) mass is 2150 g/mol. The SMILES string of the molecule is CC(=O)OI(OC(C)=O)c1ccccc1.CCOC(=O)CC(=O)CC.CCOC(=O)c1c(CC)nc2ccccn12.CCOC(=O)c1c(CC)nc2n1CCCC2.CCc1nc2n(c1C(=O)NCc1ccc(N3CC4(CC(c5ccc(OC(F)(F)F)cc5)C4)C3)cc1)CCCC2.CCc1nc2n(c1C(=O)[O-])CCCC2.NCc1ccc(N2CC3(CC(c4ccc(OC(F)(F)F)cc4)C3)C2)cc1.Nc1ccccn1.[Li+].[V]. The van der Waals surface area contributed by atoms with Gasteiger partial charge in [-0.2, -0.15) is 0 Å². The third kappa shape index (κ3) is 33.0. The molecule has 5 N–H and O–H groups in total. The number of nitrogens with zero attached hydrogens (tertiary/aromatic N) is 11. The zero-order valence-electron chi connectivity index (χ0n) is 84.0. The van der Waals surface area contributed by atoms with Gasteiger partial charge in [-0.1, -0.05) is 95.3 Å². The average molecular weight is 2150 g/mol. The van der Waals surface area contributed by atoms with Gasteiger partial charge in [0, 0.05) is 138 Å². The number of aromatic carboxylic acids is 1. The van der Waals surface area contributed by atoms with E-state index in [1.54, 1.807) is 78.4 Å². The van der Waals surface area contributed by atoms with Gasteiger partial charge >= 0.3 is 146 Å². The van der Waals surface area contributed by atoms with E-state index in [1.165, 1.54) is 55.9 Å². The number of carbonyl (C=O) groups excluding carboxylic acids is 8. The maximum absolute atomic E-state index is 13.0. The van der Waals surface area contributed by atoms with Crippen molar-refractivity contribution < 1.29 is 137 Å². The van der Waals surface area contributed by atoms with Crippen molar-refractivity contribution in [1.29, 1.82) is 0 Å². The fraction of sp³-hybridized carbons (Fsp3) is 0.443. The fourth-order valence-electron chi connectivity index (χ4n) is 18.3. The Morgan fingerprint density at radius 2 is 0.903 bits per heavy atom. The summed E-state index contributed by atoms with van der Waals surface area (Å²) in [5.74, 6) is 1.01. The molecule has 0 atom stereocenters. The van der Waals surface area contributed by atoms with Crippen molar-refractivity contribution in [3.8, 4) is 11.5 Å². The largest absolute Gasteiger partial charge is 1.00 e. The second-order valence-corrected chi connectivity index (χ2v) is 38.8. The van der Waals surface area contributed by atoms with Crippen molar-refractivity contribution in [2.75, 3.05) is 61.5 Å². The number of amides is 1. The van der Waals surface area contributed by atoms with E-state index in [0.29, 0.717) is 97.0 Å². The number of fused-ring (bicyclic) bond motifs is 4. The molecule has 1 amide bonds. The molecule has 11 heterocycles. The van der Waals surface area contributed by atoms with Crippen LogP contribution in [0.4, 0.5) is 43.5 Å². The van der Waals surface area contributed by atoms with Crippen molar-refractivity contribution >= 4 is 91.0 Å². The molecular formula is C106H128F6ILiN14O16V. The van der Waals surface area contributed by atoms with Crippen LogP contribution in [0.25, 0.3) is 5.65 Å². The van der Waals surface area contributed by atoms with Gasteiger partial charge in [0.25, 0.3) is 5.91 Å².